The summed E-state index contributed by atoms with van der Waals surface area (Å²) < 4.78 is 10.7. The van der Waals surface area contributed by atoms with Crippen LogP contribution >= 0.6 is 0 Å². The van der Waals surface area contributed by atoms with E-state index >= 15 is 0 Å². The third-order valence-corrected chi connectivity index (χ3v) is 2.23. The van der Waals surface area contributed by atoms with E-state index in [0.29, 0.717) is 0 Å². The van der Waals surface area contributed by atoms with Gasteiger partial charge in [0.05, 0.1) is 0 Å². The minimum atomic E-state index is -0.0657. The normalized spacial score (nSPS) is 31.1. The molecule has 0 bridgehead atoms. The Morgan fingerprint density at radius 3 is 2.92 bits per heavy atom. The van der Waals surface area contributed by atoms with Gasteiger partial charge < -0.3 is 9.31 Å². The molecular formula is C9H18BO2. The van der Waals surface area contributed by atoms with Gasteiger partial charge in [0.2, 0.25) is 0 Å². The van der Waals surface area contributed by atoms with Crippen LogP contribution in [0.3, 0.4) is 0 Å². The number of hydrogen-bond donors (Lipinski definition) is 0. The second kappa shape index (κ2) is 4.29. The maximum atomic E-state index is 5.47. The molecule has 2 nitrogen and oxygen atoms in total. The molecule has 1 aliphatic heterocycles. The van der Waals surface area contributed by atoms with Crippen molar-refractivity contribution in [2.75, 3.05) is 6.61 Å². The van der Waals surface area contributed by atoms with Gasteiger partial charge in [-0.05, 0) is 39.0 Å². The molecule has 1 rings (SSSR count). The van der Waals surface area contributed by atoms with Gasteiger partial charge in [0.1, 0.15) is 0 Å². The third kappa shape index (κ3) is 3.59. The lowest BCUT2D eigenvalue weighted by atomic mass is 9.91. The largest absolute Gasteiger partial charge is 0.488 e. The molecule has 1 radical (unpaired) electrons. The quantitative estimate of drug-likeness (QED) is 0.517. The van der Waals surface area contributed by atoms with Crippen LogP contribution in [0.5, 0.6) is 0 Å². The average molecular weight is 169 g/mol. The summed E-state index contributed by atoms with van der Waals surface area (Å²) in [6, 6.07) is 0. The second-order valence-electron chi connectivity index (χ2n) is 4.30. The topological polar surface area (TPSA) is 18.5 Å². The van der Waals surface area contributed by atoms with Crippen molar-refractivity contribution in [3.63, 3.8) is 0 Å². The molecule has 0 spiro atoms. The van der Waals surface area contributed by atoms with E-state index in [-0.39, 0.29) is 5.60 Å². The highest BCUT2D eigenvalue weighted by molar-refractivity contribution is 6.18. The van der Waals surface area contributed by atoms with E-state index in [1.54, 1.807) is 0 Å². The first-order valence-electron chi connectivity index (χ1n) is 4.71. The fourth-order valence-electron chi connectivity index (χ4n) is 1.72. The van der Waals surface area contributed by atoms with E-state index in [1.807, 2.05) is 0 Å². The summed E-state index contributed by atoms with van der Waals surface area (Å²) in [5.74, 6) is 0.732. The Balaban J connectivity index is 2.44. The average Bonchev–Trinajstić information content (AvgIpc) is 1.99. The van der Waals surface area contributed by atoms with E-state index in [2.05, 4.69) is 20.8 Å². The van der Waals surface area contributed by atoms with Crippen molar-refractivity contribution in [3.05, 3.63) is 0 Å². The lowest BCUT2D eigenvalue weighted by Gasteiger charge is -2.27. The maximum absolute atomic E-state index is 5.47. The summed E-state index contributed by atoms with van der Waals surface area (Å²) in [6.45, 7) is 7.28. The van der Waals surface area contributed by atoms with Crippen molar-refractivity contribution in [3.8, 4) is 0 Å². The van der Waals surface area contributed by atoms with Crippen LogP contribution in [-0.2, 0) is 9.31 Å². The predicted molar refractivity (Wildman–Crippen MR) is 49.9 cm³/mol. The predicted octanol–water partition coefficient (Wildman–Crippen LogP) is 2.15. The smallest absolute Gasteiger partial charge is 0.413 e. The van der Waals surface area contributed by atoms with Crippen molar-refractivity contribution >= 4 is 7.69 Å². The van der Waals surface area contributed by atoms with E-state index in [0.717, 1.165) is 25.4 Å². The summed E-state index contributed by atoms with van der Waals surface area (Å²) in [6.07, 6.45) is 3.48. The Bertz CT molecular complexity index is 136. The molecule has 1 fully saturated rings. The molecule has 1 atom stereocenters. The zero-order chi connectivity index (χ0) is 9.03. The fraction of sp³-hybridized carbons (Fsp3) is 1.00. The van der Waals surface area contributed by atoms with Gasteiger partial charge in [-0.25, -0.2) is 0 Å². The van der Waals surface area contributed by atoms with E-state index in [4.69, 9.17) is 9.31 Å². The first kappa shape index (κ1) is 10.1. The molecular weight excluding hydrogens is 151 g/mol. The van der Waals surface area contributed by atoms with Gasteiger partial charge in [-0.15, -0.1) is 0 Å². The summed E-state index contributed by atoms with van der Waals surface area (Å²) in [7, 11) is 1.50. The van der Waals surface area contributed by atoms with Crippen molar-refractivity contribution in [2.45, 2.75) is 45.6 Å². The molecule has 0 saturated carbocycles. The maximum Gasteiger partial charge on any atom is 0.488 e. The molecule has 0 N–H and O–H groups in total. The van der Waals surface area contributed by atoms with Gasteiger partial charge in [-0.3, -0.25) is 0 Å². The lowest BCUT2D eigenvalue weighted by Crippen LogP contribution is -2.28. The summed E-state index contributed by atoms with van der Waals surface area (Å²) in [4.78, 5) is 0. The van der Waals surface area contributed by atoms with Gasteiger partial charge in [-0.1, -0.05) is 6.92 Å². The molecule has 1 aliphatic rings. The number of rotatable bonds is 0. The van der Waals surface area contributed by atoms with Crippen LogP contribution in [0.2, 0.25) is 0 Å². The molecule has 1 unspecified atom stereocenters. The van der Waals surface area contributed by atoms with Gasteiger partial charge in [0.25, 0.3) is 0 Å². The molecule has 0 aromatic carbocycles. The highest BCUT2D eigenvalue weighted by atomic mass is 16.6. The lowest BCUT2D eigenvalue weighted by molar-refractivity contribution is 0.0673. The van der Waals surface area contributed by atoms with Crippen LogP contribution in [0, 0.1) is 5.92 Å². The van der Waals surface area contributed by atoms with Gasteiger partial charge in [-0.2, -0.15) is 0 Å². The van der Waals surface area contributed by atoms with Crippen LogP contribution in [0.15, 0.2) is 0 Å². The Labute approximate surface area is 75.9 Å². The standard InChI is InChI=1S/C9H18BO2/c1-8-5-4-6-11-10-12-9(2,3)7-8/h8H,4-7H2,1-3H3. The SMILES string of the molecule is CC1CCCO[B]OC(C)(C)C1. The Hall–Kier alpha value is -0.0151. The molecule has 0 amide bonds. The molecule has 0 aliphatic carbocycles. The first-order chi connectivity index (χ1) is 5.60. The minimum absolute atomic E-state index is 0.0657. The van der Waals surface area contributed by atoms with Gasteiger partial charge >= 0.3 is 7.69 Å². The molecule has 12 heavy (non-hydrogen) atoms. The Morgan fingerprint density at radius 1 is 1.42 bits per heavy atom. The minimum Gasteiger partial charge on any atom is -0.413 e. The van der Waals surface area contributed by atoms with Gasteiger partial charge in [0, 0.05) is 12.2 Å². The summed E-state index contributed by atoms with van der Waals surface area (Å²) in [5.41, 5.74) is -0.0657. The van der Waals surface area contributed by atoms with Crippen LogP contribution in [0.1, 0.15) is 40.0 Å². The second-order valence-corrected chi connectivity index (χ2v) is 4.30. The highest BCUT2D eigenvalue weighted by Crippen LogP contribution is 2.24. The van der Waals surface area contributed by atoms with Crippen molar-refractivity contribution in [2.24, 2.45) is 5.92 Å². The fourth-order valence-corrected chi connectivity index (χ4v) is 1.72. The first-order valence-corrected chi connectivity index (χ1v) is 4.71. The summed E-state index contributed by atoms with van der Waals surface area (Å²) >= 11 is 0. The molecule has 0 aromatic heterocycles. The van der Waals surface area contributed by atoms with Crippen molar-refractivity contribution < 1.29 is 9.31 Å². The Morgan fingerprint density at radius 2 is 2.17 bits per heavy atom. The summed E-state index contributed by atoms with van der Waals surface area (Å²) in [5, 5.41) is 0. The van der Waals surface area contributed by atoms with Crippen LogP contribution < -0.4 is 0 Å². The monoisotopic (exact) mass is 169 g/mol. The molecule has 0 aromatic rings. The van der Waals surface area contributed by atoms with Crippen molar-refractivity contribution in [1.29, 1.82) is 0 Å². The van der Waals surface area contributed by atoms with E-state index in [1.165, 1.54) is 14.1 Å². The van der Waals surface area contributed by atoms with Gasteiger partial charge in [0.15, 0.2) is 0 Å². The molecule has 69 valence electrons. The zero-order valence-electron chi connectivity index (χ0n) is 8.30. The highest BCUT2D eigenvalue weighted by Gasteiger charge is 2.23. The molecule has 3 heteroatoms. The van der Waals surface area contributed by atoms with Crippen LogP contribution in [0.4, 0.5) is 0 Å². The van der Waals surface area contributed by atoms with Crippen molar-refractivity contribution in [1.82, 2.24) is 0 Å². The van der Waals surface area contributed by atoms with Crippen LogP contribution in [-0.4, -0.2) is 19.9 Å². The zero-order valence-corrected chi connectivity index (χ0v) is 8.30. The van der Waals surface area contributed by atoms with E-state index in [9.17, 15) is 0 Å². The molecule has 1 saturated heterocycles. The molecule has 1 heterocycles. The van der Waals surface area contributed by atoms with Crippen LogP contribution in [0.25, 0.3) is 0 Å². The number of hydrogen-bond acceptors (Lipinski definition) is 2. The third-order valence-electron chi connectivity index (χ3n) is 2.23. The Kier molecular flexibility index (Phi) is 3.60. The van der Waals surface area contributed by atoms with E-state index < -0.39 is 0 Å².